The smallest absolute Gasteiger partial charge is 0.322 e. The van der Waals surface area contributed by atoms with Gasteiger partial charge in [-0.2, -0.15) is 0 Å². The second-order valence-electron chi connectivity index (χ2n) is 3.59. The normalized spacial score (nSPS) is 18.9. The van der Waals surface area contributed by atoms with Crippen molar-refractivity contribution in [2.75, 3.05) is 0 Å². The minimum atomic E-state index is -0.652. The molecule has 1 aliphatic rings. The molecule has 90 valence electrons. The Labute approximate surface area is 95.3 Å². The number of carbonyl (C=O) groups excluding carboxylic acids is 3. The van der Waals surface area contributed by atoms with Crippen LogP contribution in [-0.4, -0.2) is 38.9 Å². The van der Waals surface area contributed by atoms with Crippen LogP contribution in [0.4, 0.5) is 4.79 Å². The summed E-state index contributed by atoms with van der Waals surface area (Å²) in [6, 6.07) is -1.18. The summed E-state index contributed by atoms with van der Waals surface area (Å²) in [6.07, 6.45) is 1.72. The van der Waals surface area contributed by atoms with E-state index in [2.05, 4.69) is 20.9 Å². The summed E-state index contributed by atoms with van der Waals surface area (Å²) in [4.78, 5) is 32.7. The molecule has 1 atom stereocenters. The summed E-state index contributed by atoms with van der Waals surface area (Å²) in [5, 5.41) is 12.0. The van der Waals surface area contributed by atoms with Crippen LogP contribution in [0.15, 0.2) is 6.20 Å². The maximum absolute atomic E-state index is 11.3. The van der Waals surface area contributed by atoms with Gasteiger partial charge in [0, 0.05) is 12.6 Å². The van der Waals surface area contributed by atoms with Gasteiger partial charge < -0.3 is 11.1 Å². The first-order chi connectivity index (χ1) is 8.04. The zero-order chi connectivity index (χ0) is 12.4. The fraction of sp³-hybridized carbons (Fsp3) is 0.375. The Kier molecular flexibility index (Phi) is 2.73. The van der Waals surface area contributed by atoms with Crippen molar-refractivity contribution in [2.45, 2.75) is 19.0 Å². The lowest BCUT2D eigenvalue weighted by molar-refractivity contribution is -0.120. The van der Waals surface area contributed by atoms with Crippen LogP contribution in [0, 0.1) is 0 Å². The van der Waals surface area contributed by atoms with Gasteiger partial charge in [-0.15, -0.1) is 5.10 Å². The van der Waals surface area contributed by atoms with Gasteiger partial charge in [-0.05, 0) is 0 Å². The van der Waals surface area contributed by atoms with E-state index in [4.69, 9.17) is 5.73 Å². The molecule has 1 aromatic heterocycles. The second-order valence-corrected chi connectivity index (χ2v) is 3.59. The number of aromatic nitrogens is 3. The Morgan fingerprint density at radius 2 is 2.29 bits per heavy atom. The van der Waals surface area contributed by atoms with Crippen molar-refractivity contribution in [3.8, 4) is 0 Å². The maximum Gasteiger partial charge on any atom is 0.322 e. The van der Waals surface area contributed by atoms with E-state index in [1.807, 2.05) is 0 Å². The third-order valence-electron chi connectivity index (χ3n) is 2.18. The molecule has 0 radical (unpaired) electrons. The molecule has 9 nitrogen and oxygen atoms in total. The molecule has 17 heavy (non-hydrogen) atoms. The summed E-state index contributed by atoms with van der Waals surface area (Å²) in [5.74, 6) is -0.937. The Morgan fingerprint density at radius 1 is 1.53 bits per heavy atom. The molecule has 2 heterocycles. The topological polar surface area (TPSA) is 132 Å². The molecule has 4 N–H and O–H groups in total. The largest absolute Gasteiger partial charge is 0.368 e. The fourth-order valence-electron chi connectivity index (χ4n) is 1.48. The van der Waals surface area contributed by atoms with Crippen LogP contribution in [0.1, 0.15) is 5.69 Å². The van der Waals surface area contributed by atoms with Crippen LogP contribution < -0.4 is 16.4 Å². The number of amides is 4. The van der Waals surface area contributed by atoms with Crippen molar-refractivity contribution in [2.24, 2.45) is 5.73 Å². The number of rotatable bonds is 4. The van der Waals surface area contributed by atoms with E-state index in [0.29, 0.717) is 5.69 Å². The average Bonchev–Trinajstić information content (AvgIpc) is 2.74. The van der Waals surface area contributed by atoms with Gasteiger partial charge in [0.1, 0.15) is 12.6 Å². The lowest BCUT2D eigenvalue weighted by Crippen LogP contribution is -2.31. The van der Waals surface area contributed by atoms with Crippen molar-refractivity contribution in [3.05, 3.63) is 11.9 Å². The van der Waals surface area contributed by atoms with Crippen LogP contribution in [0.25, 0.3) is 0 Å². The van der Waals surface area contributed by atoms with Crippen molar-refractivity contribution >= 4 is 17.8 Å². The molecule has 4 amide bonds. The highest BCUT2D eigenvalue weighted by Crippen LogP contribution is 2.02. The van der Waals surface area contributed by atoms with Crippen molar-refractivity contribution < 1.29 is 14.4 Å². The molecule has 0 unspecified atom stereocenters. The van der Waals surface area contributed by atoms with Gasteiger partial charge in [0.05, 0.1) is 5.69 Å². The Balaban J connectivity index is 1.99. The summed E-state index contributed by atoms with van der Waals surface area (Å²) >= 11 is 0. The predicted molar refractivity (Wildman–Crippen MR) is 53.4 cm³/mol. The third-order valence-corrected chi connectivity index (χ3v) is 2.18. The SMILES string of the molecule is NC(=O)Cn1cc(C[C@H]2NC(=O)NC2=O)nn1. The predicted octanol–water partition coefficient (Wildman–Crippen LogP) is -2.49. The number of nitrogens with zero attached hydrogens (tertiary/aromatic N) is 3. The standard InChI is InChI=1S/C8H10N6O3/c9-6(15)3-14-2-4(12-13-14)1-5-7(16)11-8(17)10-5/h2,5H,1,3H2,(H2,9,15)(H2,10,11,16,17)/t5-/m1/s1. The van der Waals surface area contributed by atoms with E-state index in [0.717, 1.165) is 0 Å². The highest BCUT2D eigenvalue weighted by Gasteiger charge is 2.30. The summed E-state index contributed by atoms with van der Waals surface area (Å²) in [6.45, 7) is -0.0732. The summed E-state index contributed by atoms with van der Waals surface area (Å²) < 4.78 is 1.27. The first kappa shape index (κ1) is 11.0. The highest BCUT2D eigenvalue weighted by atomic mass is 16.2. The lowest BCUT2D eigenvalue weighted by atomic mass is 10.2. The van der Waals surface area contributed by atoms with E-state index in [1.165, 1.54) is 10.9 Å². The van der Waals surface area contributed by atoms with E-state index in [9.17, 15) is 14.4 Å². The molecule has 1 aromatic rings. The van der Waals surface area contributed by atoms with Gasteiger partial charge >= 0.3 is 6.03 Å². The van der Waals surface area contributed by atoms with Crippen molar-refractivity contribution in [3.63, 3.8) is 0 Å². The molecule has 0 aliphatic carbocycles. The first-order valence-corrected chi connectivity index (χ1v) is 4.83. The molecule has 0 saturated carbocycles. The Bertz CT molecular complexity index is 481. The molecule has 2 rings (SSSR count). The quantitative estimate of drug-likeness (QED) is 0.499. The van der Waals surface area contributed by atoms with Crippen LogP contribution in [-0.2, 0) is 22.6 Å². The number of nitrogens with one attached hydrogen (secondary N) is 2. The molecule has 0 spiro atoms. The number of imide groups is 1. The van der Waals surface area contributed by atoms with Gasteiger partial charge in [-0.1, -0.05) is 5.21 Å². The molecular formula is C8H10N6O3. The van der Waals surface area contributed by atoms with Crippen LogP contribution in [0.2, 0.25) is 0 Å². The van der Waals surface area contributed by atoms with Crippen molar-refractivity contribution in [1.82, 2.24) is 25.6 Å². The first-order valence-electron chi connectivity index (χ1n) is 4.83. The molecule has 1 aliphatic heterocycles. The minimum Gasteiger partial charge on any atom is -0.368 e. The van der Waals surface area contributed by atoms with E-state index in [1.54, 1.807) is 0 Å². The number of hydrogen-bond acceptors (Lipinski definition) is 5. The number of primary amides is 1. The summed E-state index contributed by atoms with van der Waals surface area (Å²) in [7, 11) is 0. The molecule has 0 aromatic carbocycles. The number of nitrogens with two attached hydrogens (primary N) is 1. The van der Waals surface area contributed by atoms with Crippen LogP contribution in [0.5, 0.6) is 0 Å². The second kappa shape index (κ2) is 4.20. The van der Waals surface area contributed by atoms with E-state index >= 15 is 0 Å². The van der Waals surface area contributed by atoms with Crippen LogP contribution in [0.3, 0.4) is 0 Å². The lowest BCUT2D eigenvalue weighted by Gasteiger charge is -2.02. The minimum absolute atomic E-state index is 0.0732. The Morgan fingerprint density at radius 3 is 2.88 bits per heavy atom. The van der Waals surface area contributed by atoms with Gasteiger partial charge in [-0.3, -0.25) is 14.9 Å². The number of hydrogen-bond donors (Lipinski definition) is 3. The zero-order valence-electron chi connectivity index (χ0n) is 8.71. The molecule has 1 saturated heterocycles. The molecule has 0 bridgehead atoms. The van der Waals surface area contributed by atoms with Gasteiger partial charge in [0.2, 0.25) is 5.91 Å². The number of carbonyl (C=O) groups is 3. The summed E-state index contributed by atoms with van der Waals surface area (Å²) in [5.41, 5.74) is 5.48. The highest BCUT2D eigenvalue weighted by molar-refractivity contribution is 6.04. The fourth-order valence-corrected chi connectivity index (χ4v) is 1.48. The average molecular weight is 238 g/mol. The number of urea groups is 1. The molecule has 1 fully saturated rings. The Hall–Kier alpha value is -2.45. The monoisotopic (exact) mass is 238 g/mol. The van der Waals surface area contributed by atoms with Gasteiger partial charge in [0.25, 0.3) is 5.91 Å². The van der Waals surface area contributed by atoms with Gasteiger partial charge in [0.15, 0.2) is 0 Å². The maximum atomic E-state index is 11.3. The molecule has 9 heteroatoms. The molecular weight excluding hydrogens is 228 g/mol. The van der Waals surface area contributed by atoms with Crippen molar-refractivity contribution in [1.29, 1.82) is 0 Å². The zero-order valence-corrected chi connectivity index (χ0v) is 8.71. The van der Waals surface area contributed by atoms with Crippen LogP contribution >= 0.6 is 0 Å². The third kappa shape index (κ3) is 2.56. The van der Waals surface area contributed by atoms with Gasteiger partial charge in [-0.25, -0.2) is 9.48 Å². The van der Waals surface area contributed by atoms with E-state index in [-0.39, 0.29) is 13.0 Å². The van der Waals surface area contributed by atoms with E-state index < -0.39 is 23.9 Å².